The number of alkyl halides is 3. The van der Waals surface area contributed by atoms with Crippen LogP contribution in [0.4, 0.5) is 13.2 Å². The van der Waals surface area contributed by atoms with Crippen molar-refractivity contribution < 1.29 is 27.5 Å². The molecule has 0 spiro atoms. The van der Waals surface area contributed by atoms with Crippen LogP contribution in [0.5, 0.6) is 0 Å². The summed E-state index contributed by atoms with van der Waals surface area (Å²) in [5, 5.41) is 5.39. The maximum Gasteiger partial charge on any atom is 0.416 e. The molecule has 2 aromatic carbocycles. The lowest BCUT2D eigenvalue weighted by Crippen LogP contribution is -2.31. The van der Waals surface area contributed by atoms with Gasteiger partial charge in [-0.05, 0) is 77.3 Å². The maximum absolute atomic E-state index is 13.7. The van der Waals surface area contributed by atoms with Crippen LogP contribution >= 0.6 is 0 Å². The minimum Gasteiger partial charge on any atom is -0.459 e. The van der Waals surface area contributed by atoms with Crippen molar-refractivity contribution in [1.29, 1.82) is 0 Å². The zero-order valence-corrected chi connectivity index (χ0v) is 21.8. The summed E-state index contributed by atoms with van der Waals surface area (Å²) >= 11 is 0. The molecule has 9 heteroatoms. The second-order valence-corrected chi connectivity index (χ2v) is 10.6. The lowest BCUT2D eigenvalue weighted by atomic mass is 9.97. The van der Waals surface area contributed by atoms with E-state index in [1.807, 2.05) is 32.0 Å². The maximum atomic E-state index is 13.7. The van der Waals surface area contributed by atoms with E-state index in [1.54, 1.807) is 25.7 Å². The third kappa shape index (κ3) is 6.14. The Bertz CT molecular complexity index is 1330. The minimum atomic E-state index is -4.53. The van der Waals surface area contributed by atoms with E-state index in [0.29, 0.717) is 34.3 Å². The van der Waals surface area contributed by atoms with Crippen LogP contribution in [0.1, 0.15) is 57.2 Å². The predicted molar refractivity (Wildman–Crippen MR) is 135 cm³/mol. The van der Waals surface area contributed by atoms with Gasteiger partial charge in [0.15, 0.2) is 0 Å². The van der Waals surface area contributed by atoms with Crippen molar-refractivity contribution in [2.24, 2.45) is 5.92 Å². The highest BCUT2D eigenvalue weighted by Gasteiger charge is 2.35. The Labute approximate surface area is 214 Å². The smallest absolute Gasteiger partial charge is 0.416 e. The number of nitrogens with zero attached hydrogens (tertiary/aromatic N) is 3. The molecule has 1 aliphatic carbocycles. The Kier molecular flexibility index (Phi) is 7.10. The number of esters is 1. The molecular weight excluding hydrogens is 483 g/mol. The van der Waals surface area contributed by atoms with Crippen molar-refractivity contribution in [1.82, 2.24) is 14.7 Å². The van der Waals surface area contributed by atoms with Crippen LogP contribution in [0.2, 0.25) is 0 Å². The third-order valence-corrected chi connectivity index (χ3v) is 6.27. The van der Waals surface area contributed by atoms with E-state index < -0.39 is 23.3 Å². The molecule has 1 aromatic heterocycles. The number of aryl methyl sites for hydroxylation is 1. The second-order valence-electron chi connectivity index (χ2n) is 10.6. The first kappa shape index (κ1) is 26.7. The van der Waals surface area contributed by atoms with Gasteiger partial charge in [-0.25, -0.2) is 0 Å². The van der Waals surface area contributed by atoms with E-state index in [9.17, 15) is 22.8 Å². The first-order valence-electron chi connectivity index (χ1n) is 12.4. The van der Waals surface area contributed by atoms with Crippen LogP contribution < -0.4 is 0 Å². The molecule has 0 bridgehead atoms. The summed E-state index contributed by atoms with van der Waals surface area (Å²) in [6.07, 6.45) is -2.91. The first-order valence-corrected chi connectivity index (χ1v) is 12.4. The molecule has 3 aromatic rings. The van der Waals surface area contributed by atoms with Gasteiger partial charge in [0, 0.05) is 30.0 Å². The number of aromatic nitrogens is 2. The molecule has 198 valence electrons. The van der Waals surface area contributed by atoms with Gasteiger partial charge in [-0.3, -0.25) is 14.3 Å². The predicted octanol–water partition coefficient (Wildman–Crippen LogP) is 6.13. The van der Waals surface area contributed by atoms with Gasteiger partial charge in [0.2, 0.25) is 5.91 Å². The number of fused-ring (bicyclic) bond motifs is 1. The molecule has 1 fully saturated rings. The third-order valence-electron chi connectivity index (χ3n) is 6.27. The zero-order valence-electron chi connectivity index (χ0n) is 21.8. The summed E-state index contributed by atoms with van der Waals surface area (Å²) in [6, 6.07) is 9.18. The van der Waals surface area contributed by atoms with Gasteiger partial charge in [-0.15, -0.1) is 0 Å². The molecule has 0 aliphatic heterocycles. The van der Waals surface area contributed by atoms with Crippen LogP contribution in [0.25, 0.3) is 22.2 Å². The van der Waals surface area contributed by atoms with Gasteiger partial charge in [-0.1, -0.05) is 17.7 Å². The van der Waals surface area contributed by atoms with E-state index in [0.717, 1.165) is 30.5 Å². The van der Waals surface area contributed by atoms with Crippen LogP contribution in [0, 0.1) is 12.8 Å². The average molecular weight is 516 g/mol. The van der Waals surface area contributed by atoms with E-state index in [2.05, 4.69) is 5.10 Å². The molecule has 0 unspecified atom stereocenters. The van der Waals surface area contributed by atoms with E-state index in [1.165, 1.54) is 10.7 Å². The van der Waals surface area contributed by atoms with Crippen LogP contribution in [-0.4, -0.2) is 38.7 Å². The van der Waals surface area contributed by atoms with Crippen LogP contribution in [-0.2, 0) is 33.6 Å². The molecule has 1 amide bonds. The highest BCUT2D eigenvalue weighted by atomic mass is 19.4. The highest BCUT2D eigenvalue weighted by Crippen LogP contribution is 2.37. The van der Waals surface area contributed by atoms with Crippen molar-refractivity contribution in [3.05, 3.63) is 53.1 Å². The summed E-state index contributed by atoms with van der Waals surface area (Å²) in [4.78, 5) is 27.0. The lowest BCUT2D eigenvalue weighted by Gasteiger charge is -2.23. The molecule has 0 radical (unpaired) electrons. The monoisotopic (exact) mass is 515 g/mol. The van der Waals surface area contributed by atoms with Crippen molar-refractivity contribution in [2.45, 2.75) is 72.3 Å². The fraction of sp³-hybridized carbons (Fsp3) is 0.464. The van der Waals surface area contributed by atoms with Gasteiger partial charge in [0.25, 0.3) is 0 Å². The first-order chi connectivity index (χ1) is 17.3. The van der Waals surface area contributed by atoms with E-state index >= 15 is 0 Å². The Morgan fingerprint density at radius 2 is 1.81 bits per heavy atom. The standard InChI is InChI=1S/C28H32F3N3O3/c1-6-33(26(36)18-8-9-18)15-19-14-20(28(29,30)31)10-11-21(19)25-22-13-17(2)7-12-23(22)34(32-25)16-24(35)37-27(3,4)5/h7,10-14,18H,6,8-9,15-16H2,1-5H3. The Hall–Kier alpha value is -3.36. The summed E-state index contributed by atoms with van der Waals surface area (Å²) < 4.78 is 47.9. The number of halogens is 3. The Morgan fingerprint density at radius 1 is 1.11 bits per heavy atom. The van der Waals surface area contributed by atoms with Gasteiger partial charge in [-0.2, -0.15) is 18.3 Å². The molecule has 0 atom stereocenters. The molecule has 0 N–H and O–H groups in total. The number of carbonyl (C=O) groups is 2. The van der Waals surface area contributed by atoms with Crippen LogP contribution in [0.15, 0.2) is 36.4 Å². The van der Waals surface area contributed by atoms with Gasteiger partial charge in [0.05, 0.1) is 11.1 Å². The molecular formula is C28H32F3N3O3. The lowest BCUT2D eigenvalue weighted by molar-refractivity contribution is -0.155. The van der Waals surface area contributed by atoms with Crippen molar-refractivity contribution in [3.63, 3.8) is 0 Å². The van der Waals surface area contributed by atoms with E-state index in [4.69, 9.17) is 4.74 Å². The topological polar surface area (TPSA) is 64.4 Å². The number of amides is 1. The molecule has 1 heterocycles. The summed E-state index contributed by atoms with van der Waals surface area (Å²) in [5.41, 5.74) is 1.47. The Balaban J connectivity index is 1.83. The normalized spacial score (nSPS) is 14.2. The SMILES string of the molecule is CCN(Cc1cc(C(F)(F)F)ccc1-c1nn(CC(=O)OC(C)(C)C)c2ccc(C)cc12)C(=O)C1CC1. The number of hydrogen-bond acceptors (Lipinski definition) is 4. The average Bonchev–Trinajstić information content (AvgIpc) is 3.58. The number of rotatable bonds is 7. The van der Waals surface area contributed by atoms with Crippen molar-refractivity contribution >= 4 is 22.8 Å². The van der Waals surface area contributed by atoms with Crippen molar-refractivity contribution in [2.75, 3.05) is 6.54 Å². The molecule has 1 saturated carbocycles. The molecule has 0 saturated heterocycles. The van der Waals surface area contributed by atoms with Gasteiger partial charge >= 0.3 is 12.1 Å². The number of carbonyl (C=O) groups excluding carboxylic acids is 2. The molecule has 4 rings (SSSR count). The highest BCUT2D eigenvalue weighted by molar-refractivity contribution is 5.95. The number of ether oxygens (including phenoxy) is 1. The quantitative estimate of drug-likeness (QED) is 0.355. The second kappa shape index (κ2) is 9.84. The molecule has 37 heavy (non-hydrogen) atoms. The van der Waals surface area contributed by atoms with Gasteiger partial charge in [0.1, 0.15) is 17.8 Å². The molecule has 6 nitrogen and oxygen atoms in total. The van der Waals surface area contributed by atoms with Crippen LogP contribution in [0.3, 0.4) is 0 Å². The fourth-order valence-corrected chi connectivity index (χ4v) is 4.38. The fourth-order valence-electron chi connectivity index (χ4n) is 4.38. The molecule has 1 aliphatic rings. The summed E-state index contributed by atoms with van der Waals surface area (Å²) in [7, 11) is 0. The minimum absolute atomic E-state index is 0.0390. The number of hydrogen-bond donors (Lipinski definition) is 0. The Morgan fingerprint density at radius 3 is 2.41 bits per heavy atom. The van der Waals surface area contributed by atoms with Gasteiger partial charge < -0.3 is 9.64 Å². The summed E-state index contributed by atoms with van der Waals surface area (Å²) in [5.74, 6) is -0.559. The largest absolute Gasteiger partial charge is 0.459 e. The number of benzene rings is 2. The van der Waals surface area contributed by atoms with Crippen molar-refractivity contribution in [3.8, 4) is 11.3 Å². The van der Waals surface area contributed by atoms with E-state index in [-0.39, 0.29) is 24.9 Å². The zero-order chi connectivity index (χ0) is 27.1. The summed E-state index contributed by atoms with van der Waals surface area (Å²) in [6.45, 7) is 9.34.